The highest BCUT2D eigenvalue weighted by Gasteiger charge is 2.27. The fraction of sp³-hybridized carbons (Fsp3) is 0.438. The number of hydrogen-bond acceptors (Lipinski definition) is 3. The van der Waals surface area contributed by atoms with Gasteiger partial charge in [0.15, 0.2) is 0 Å². The maximum absolute atomic E-state index is 6.32. The maximum Gasteiger partial charge on any atom is 0.0779 e. The molecule has 0 fully saturated rings. The van der Waals surface area contributed by atoms with E-state index in [1.807, 2.05) is 51.2 Å². The molecule has 0 aliphatic rings. The van der Waals surface area contributed by atoms with Gasteiger partial charge in [0.2, 0.25) is 0 Å². The van der Waals surface area contributed by atoms with Gasteiger partial charge < -0.3 is 10.5 Å². The molecule has 2 aromatic rings. The SMILES string of the molecule is CCOC(C)(C)C(N)Cc1ccnc2ccccc12. The second-order valence-corrected chi connectivity index (χ2v) is 5.33. The van der Waals surface area contributed by atoms with Crippen molar-refractivity contribution in [2.45, 2.75) is 38.8 Å². The molecule has 1 atom stereocenters. The summed E-state index contributed by atoms with van der Waals surface area (Å²) in [5, 5.41) is 1.17. The van der Waals surface area contributed by atoms with E-state index in [-0.39, 0.29) is 11.6 Å². The van der Waals surface area contributed by atoms with Crippen LogP contribution in [0.4, 0.5) is 0 Å². The van der Waals surface area contributed by atoms with Crippen molar-refractivity contribution in [2.24, 2.45) is 5.73 Å². The minimum atomic E-state index is -0.320. The van der Waals surface area contributed by atoms with Crippen LogP contribution >= 0.6 is 0 Å². The summed E-state index contributed by atoms with van der Waals surface area (Å²) in [7, 11) is 0. The molecule has 0 radical (unpaired) electrons. The van der Waals surface area contributed by atoms with Crippen LogP contribution in [-0.2, 0) is 11.2 Å². The van der Waals surface area contributed by atoms with Crippen LogP contribution in [-0.4, -0.2) is 23.2 Å². The molecule has 2 rings (SSSR count). The lowest BCUT2D eigenvalue weighted by Crippen LogP contribution is -2.46. The van der Waals surface area contributed by atoms with Crippen LogP contribution in [0, 0.1) is 0 Å². The summed E-state index contributed by atoms with van der Waals surface area (Å²) in [6.07, 6.45) is 2.63. The largest absolute Gasteiger partial charge is 0.374 e. The molecule has 0 spiro atoms. The summed E-state index contributed by atoms with van der Waals surface area (Å²) in [4.78, 5) is 4.38. The van der Waals surface area contributed by atoms with Gasteiger partial charge in [0.1, 0.15) is 0 Å². The molecule has 1 aromatic heterocycles. The van der Waals surface area contributed by atoms with E-state index in [4.69, 9.17) is 10.5 Å². The molecule has 19 heavy (non-hydrogen) atoms. The van der Waals surface area contributed by atoms with Crippen molar-refractivity contribution in [3.05, 3.63) is 42.1 Å². The number of nitrogens with zero attached hydrogens (tertiary/aromatic N) is 1. The molecule has 0 aliphatic heterocycles. The first-order chi connectivity index (χ1) is 9.04. The molecule has 2 N–H and O–H groups in total. The molecule has 0 saturated carbocycles. The van der Waals surface area contributed by atoms with Gasteiger partial charge in [0, 0.05) is 24.2 Å². The van der Waals surface area contributed by atoms with Crippen molar-refractivity contribution < 1.29 is 4.74 Å². The van der Waals surface area contributed by atoms with E-state index in [1.54, 1.807) is 0 Å². The number of nitrogens with two attached hydrogens (primary N) is 1. The molecule has 0 amide bonds. The van der Waals surface area contributed by atoms with E-state index in [0.29, 0.717) is 6.61 Å². The number of ether oxygens (including phenoxy) is 1. The molecule has 1 unspecified atom stereocenters. The molecular weight excluding hydrogens is 236 g/mol. The van der Waals surface area contributed by atoms with Gasteiger partial charge in [-0.15, -0.1) is 0 Å². The fourth-order valence-corrected chi connectivity index (χ4v) is 2.29. The Morgan fingerprint density at radius 1 is 1.26 bits per heavy atom. The molecule has 0 bridgehead atoms. The van der Waals surface area contributed by atoms with Crippen LogP contribution in [0.15, 0.2) is 36.5 Å². The van der Waals surface area contributed by atoms with Gasteiger partial charge in [-0.3, -0.25) is 4.98 Å². The predicted octanol–water partition coefficient (Wildman–Crippen LogP) is 2.92. The third kappa shape index (κ3) is 3.11. The number of benzene rings is 1. The third-order valence-corrected chi connectivity index (χ3v) is 3.59. The first-order valence-electron chi connectivity index (χ1n) is 6.76. The summed E-state index contributed by atoms with van der Waals surface area (Å²) in [6.45, 7) is 6.77. The number of pyridine rings is 1. The maximum atomic E-state index is 6.32. The van der Waals surface area contributed by atoms with E-state index in [2.05, 4.69) is 11.1 Å². The third-order valence-electron chi connectivity index (χ3n) is 3.59. The Morgan fingerprint density at radius 3 is 2.74 bits per heavy atom. The Bertz CT molecular complexity index is 546. The fourth-order valence-electron chi connectivity index (χ4n) is 2.29. The van der Waals surface area contributed by atoms with Crippen molar-refractivity contribution in [3.63, 3.8) is 0 Å². The van der Waals surface area contributed by atoms with E-state index in [1.165, 1.54) is 10.9 Å². The number of para-hydroxylation sites is 1. The summed E-state index contributed by atoms with van der Waals surface area (Å²) < 4.78 is 5.73. The van der Waals surface area contributed by atoms with E-state index in [0.717, 1.165) is 11.9 Å². The zero-order valence-electron chi connectivity index (χ0n) is 11.9. The van der Waals surface area contributed by atoms with Crippen molar-refractivity contribution in [3.8, 4) is 0 Å². The predicted molar refractivity (Wildman–Crippen MR) is 79.1 cm³/mol. The van der Waals surface area contributed by atoms with Crippen molar-refractivity contribution in [2.75, 3.05) is 6.61 Å². The summed E-state index contributed by atoms with van der Waals surface area (Å²) in [5.74, 6) is 0. The number of rotatable bonds is 5. The van der Waals surface area contributed by atoms with Gasteiger partial charge in [-0.25, -0.2) is 0 Å². The molecule has 3 heteroatoms. The highest BCUT2D eigenvalue weighted by atomic mass is 16.5. The lowest BCUT2D eigenvalue weighted by atomic mass is 9.91. The summed E-state index contributed by atoms with van der Waals surface area (Å²) in [6, 6.07) is 10.2. The number of hydrogen-bond donors (Lipinski definition) is 1. The van der Waals surface area contributed by atoms with E-state index >= 15 is 0 Å². The lowest BCUT2D eigenvalue weighted by molar-refractivity contribution is -0.0287. The zero-order chi connectivity index (χ0) is 13.9. The average Bonchev–Trinajstić information content (AvgIpc) is 2.39. The number of fused-ring (bicyclic) bond motifs is 1. The molecule has 0 aliphatic carbocycles. The second kappa shape index (κ2) is 5.68. The lowest BCUT2D eigenvalue weighted by Gasteiger charge is -2.31. The molecule has 1 aromatic carbocycles. The van der Waals surface area contributed by atoms with Crippen molar-refractivity contribution in [1.29, 1.82) is 0 Å². The Morgan fingerprint density at radius 2 is 2.00 bits per heavy atom. The summed E-state index contributed by atoms with van der Waals surface area (Å²) >= 11 is 0. The van der Waals surface area contributed by atoms with Crippen molar-refractivity contribution >= 4 is 10.9 Å². The monoisotopic (exact) mass is 258 g/mol. The van der Waals surface area contributed by atoms with Crippen LogP contribution in [0.2, 0.25) is 0 Å². The van der Waals surface area contributed by atoms with Crippen LogP contribution in [0.25, 0.3) is 10.9 Å². The molecule has 1 heterocycles. The van der Waals surface area contributed by atoms with Crippen molar-refractivity contribution in [1.82, 2.24) is 4.98 Å². The number of aromatic nitrogens is 1. The average molecular weight is 258 g/mol. The van der Waals surface area contributed by atoms with Gasteiger partial charge in [0.05, 0.1) is 11.1 Å². The quantitative estimate of drug-likeness (QED) is 0.897. The highest BCUT2D eigenvalue weighted by molar-refractivity contribution is 5.81. The van der Waals surface area contributed by atoms with Crippen LogP contribution in [0.1, 0.15) is 26.3 Å². The topological polar surface area (TPSA) is 48.1 Å². The smallest absolute Gasteiger partial charge is 0.0779 e. The Hall–Kier alpha value is -1.45. The van der Waals surface area contributed by atoms with Gasteiger partial charge >= 0.3 is 0 Å². The van der Waals surface area contributed by atoms with E-state index < -0.39 is 0 Å². The molecular formula is C16H22N2O. The molecule has 0 saturated heterocycles. The second-order valence-electron chi connectivity index (χ2n) is 5.33. The minimum Gasteiger partial charge on any atom is -0.374 e. The van der Waals surface area contributed by atoms with Gasteiger partial charge in [-0.05, 0) is 44.9 Å². The van der Waals surface area contributed by atoms with Crippen LogP contribution in [0.5, 0.6) is 0 Å². The minimum absolute atomic E-state index is 0.0433. The van der Waals surface area contributed by atoms with E-state index in [9.17, 15) is 0 Å². The van der Waals surface area contributed by atoms with Crippen LogP contribution < -0.4 is 5.73 Å². The molecule has 3 nitrogen and oxygen atoms in total. The Balaban J connectivity index is 2.26. The van der Waals surface area contributed by atoms with Gasteiger partial charge in [0.25, 0.3) is 0 Å². The summed E-state index contributed by atoms with van der Waals surface area (Å²) in [5.41, 5.74) is 8.24. The van der Waals surface area contributed by atoms with Gasteiger partial charge in [-0.2, -0.15) is 0 Å². The standard InChI is InChI=1S/C16H22N2O/c1-4-19-16(2,3)15(17)11-12-9-10-18-14-8-6-5-7-13(12)14/h5-10,15H,4,11,17H2,1-3H3. The Kier molecular flexibility index (Phi) is 4.17. The highest BCUT2D eigenvalue weighted by Crippen LogP contribution is 2.22. The normalized spacial score (nSPS) is 13.7. The Labute approximate surface area is 114 Å². The molecule has 102 valence electrons. The first kappa shape index (κ1) is 14.0. The van der Waals surface area contributed by atoms with Crippen LogP contribution in [0.3, 0.4) is 0 Å². The zero-order valence-corrected chi connectivity index (χ0v) is 11.9. The first-order valence-corrected chi connectivity index (χ1v) is 6.76. The van der Waals surface area contributed by atoms with Gasteiger partial charge in [-0.1, -0.05) is 18.2 Å².